The quantitative estimate of drug-likeness (QED) is 0.741. The second-order valence-corrected chi connectivity index (χ2v) is 6.95. The van der Waals surface area contributed by atoms with Crippen molar-refractivity contribution in [2.24, 2.45) is 0 Å². The van der Waals surface area contributed by atoms with Gasteiger partial charge in [-0.3, -0.25) is 9.69 Å². The number of benzene rings is 2. The van der Waals surface area contributed by atoms with Crippen LogP contribution in [0.15, 0.2) is 54.6 Å². The standard InChI is InChI=1S/C22H27NO3/c24-22(25)9-5-15-23-14-4-8-20(23)17-26-21-12-10-19(11-13-21)16-18-6-2-1-3-7-18/h1-3,6-7,10-13,20H,4-5,8-9,14-17H2,(H,24,25). The zero-order valence-electron chi connectivity index (χ0n) is 15.1. The molecule has 2 aromatic rings. The van der Waals surface area contributed by atoms with Gasteiger partial charge in [-0.25, -0.2) is 0 Å². The van der Waals surface area contributed by atoms with E-state index in [2.05, 4.69) is 41.3 Å². The van der Waals surface area contributed by atoms with Crippen molar-refractivity contribution in [3.63, 3.8) is 0 Å². The Kier molecular flexibility index (Phi) is 6.67. The highest BCUT2D eigenvalue weighted by atomic mass is 16.5. The first-order valence-corrected chi connectivity index (χ1v) is 9.42. The van der Waals surface area contributed by atoms with Crippen molar-refractivity contribution < 1.29 is 14.6 Å². The topological polar surface area (TPSA) is 49.8 Å². The molecule has 1 aliphatic heterocycles. The van der Waals surface area contributed by atoms with Crippen LogP contribution >= 0.6 is 0 Å². The SMILES string of the molecule is O=C(O)CCCN1CCCC1COc1ccc(Cc2ccccc2)cc1. The van der Waals surface area contributed by atoms with Crippen LogP contribution in [0.5, 0.6) is 5.75 Å². The first-order chi connectivity index (χ1) is 12.7. The van der Waals surface area contributed by atoms with Gasteiger partial charge < -0.3 is 9.84 Å². The van der Waals surface area contributed by atoms with Crippen LogP contribution in [-0.2, 0) is 11.2 Å². The van der Waals surface area contributed by atoms with Crippen molar-refractivity contribution >= 4 is 5.97 Å². The molecule has 1 fully saturated rings. The highest BCUT2D eigenvalue weighted by Gasteiger charge is 2.24. The molecule has 3 rings (SSSR count). The summed E-state index contributed by atoms with van der Waals surface area (Å²) in [5.41, 5.74) is 2.59. The predicted molar refractivity (Wildman–Crippen MR) is 103 cm³/mol. The van der Waals surface area contributed by atoms with Gasteiger partial charge in [-0.2, -0.15) is 0 Å². The number of carbonyl (C=O) groups is 1. The largest absolute Gasteiger partial charge is 0.492 e. The molecular formula is C22H27NO3. The fourth-order valence-electron chi connectivity index (χ4n) is 3.54. The Morgan fingerprint density at radius 3 is 2.54 bits per heavy atom. The summed E-state index contributed by atoms with van der Waals surface area (Å²) in [5.74, 6) is 0.187. The molecule has 2 aromatic carbocycles. The number of aliphatic carboxylic acids is 1. The summed E-state index contributed by atoms with van der Waals surface area (Å²) >= 11 is 0. The third-order valence-electron chi connectivity index (χ3n) is 4.95. The number of hydrogen-bond acceptors (Lipinski definition) is 3. The van der Waals surface area contributed by atoms with Gasteiger partial charge in [0.05, 0.1) is 0 Å². The lowest BCUT2D eigenvalue weighted by molar-refractivity contribution is -0.137. The van der Waals surface area contributed by atoms with Crippen LogP contribution in [-0.4, -0.2) is 41.7 Å². The van der Waals surface area contributed by atoms with Crippen LogP contribution < -0.4 is 4.74 Å². The molecule has 1 heterocycles. The fourth-order valence-corrected chi connectivity index (χ4v) is 3.54. The molecule has 0 aliphatic carbocycles. The molecule has 1 unspecified atom stereocenters. The Hall–Kier alpha value is -2.33. The van der Waals surface area contributed by atoms with Crippen LogP contribution in [0.2, 0.25) is 0 Å². The molecule has 0 bridgehead atoms. The van der Waals surface area contributed by atoms with E-state index in [0.29, 0.717) is 19.1 Å². The van der Waals surface area contributed by atoms with Crippen molar-refractivity contribution in [1.82, 2.24) is 4.90 Å². The molecule has 0 amide bonds. The van der Waals surface area contributed by atoms with Gasteiger partial charge in [0.2, 0.25) is 0 Å². The molecule has 1 atom stereocenters. The minimum atomic E-state index is -0.715. The lowest BCUT2D eigenvalue weighted by Gasteiger charge is -2.24. The molecule has 26 heavy (non-hydrogen) atoms. The summed E-state index contributed by atoms with van der Waals surface area (Å²) in [5, 5.41) is 8.78. The Morgan fingerprint density at radius 1 is 1.08 bits per heavy atom. The summed E-state index contributed by atoms with van der Waals surface area (Å²) in [6.45, 7) is 2.56. The van der Waals surface area contributed by atoms with E-state index in [1.807, 2.05) is 18.2 Å². The predicted octanol–water partition coefficient (Wildman–Crippen LogP) is 3.99. The lowest BCUT2D eigenvalue weighted by Crippen LogP contribution is -2.35. The lowest BCUT2D eigenvalue weighted by atomic mass is 10.1. The van der Waals surface area contributed by atoms with E-state index in [9.17, 15) is 4.79 Å². The molecule has 1 saturated heterocycles. The minimum Gasteiger partial charge on any atom is -0.492 e. The average molecular weight is 353 g/mol. The average Bonchev–Trinajstić information content (AvgIpc) is 3.09. The summed E-state index contributed by atoms with van der Waals surface area (Å²) in [7, 11) is 0. The molecule has 0 aromatic heterocycles. The van der Waals surface area contributed by atoms with Crippen molar-refractivity contribution in [3.8, 4) is 5.75 Å². The zero-order valence-corrected chi connectivity index (χ0v) is 15.1. The molecule has 1 N–H and O–H groups in total. The smallest absolute Gasteiger partial charge is 0.303 e. The van der Waals surface area contributed by atoms with E-state index in [1.165, 1.54) is 11.1 Å². The summed E-state index contributed by atoms with van der Waals surface area (Å²) in [6, 6.07) is 19.2. The molecule has 0 spiro atoms. The van der Waals surface area contributed by atoms with Crippen LogP contribution in [0, 0.1) is 0 Å². The minimum absolute atomic E-state index is 0.243. The number of nitrogens with zero attached hydrogens (tertiary/aromatic N) is 1. The summed E-state index contributed by atoms with van der Waals surface area (Å²) in [6.07, 6.45) is 4.17. The number of hydrogen-bond donors (Lipinski definition) is 1. The molecular weight excluding hydrogens is 326 g/mol. The monoisotopic (exact) mass is 353 g/mol. The Bertz CT molecular complexity index is 684. The van der Waals surface area contributed by atoms with E-state index in [1.54, 1.807) is 0 Å². The van der Waals surface area contributed by atoms with Crippen molar-refractivity contribution in [3.05, 3.63) is 65.7 Å². The summed E-state index contributed by atoms with van der Waals surface area (Å²) < 4.78 is 5.99. The van der Waals surface area contributed by atoms with Crippen molar-refractivity contribution in [1.29, 1.82) is 0 Å². The highest BCUT2D eigenvalue weighted by Crippen LogP contribution is 2.20. The van der Waals surface area contributed by atoms with E-state index >= 15 is 0 Å². The molecule has 138 valence electrons. The number of ether oxygens (including phenoxy) is 1. The van der Waals surface area contributed by atoms with E-state index in [-0.39, 0.29) is 6.42 Å². The van der Waals surface area contributed by atoms with Gasteiger partial charge in [-0.15, -0.1) is 0 Å². The number of rotatable bonds is 9. The van der Waals surface area contributed by atoms with Crippen molar-refractivity contribution in [2.45, 2.75) is 38.1 Å². The second kappa shape index (κ2) is 9.39. The Morgan fingerprint density at radius 2 is 1.81 bits per heavy atom. The molecule has 4 nitrogen and oxygen atoms in total. The normalized spacial score (nSPS) is 17.3. The second-order valence-electron chi connectivity index (χ2n) is 6.95. The third kappa shape index (κ3) is 5.60. The van der Waals surface area contributed by atoms with Gasteiger partial charge in [0.25, 0.3) is 0 Å². The van der Waals surface area contributed by atoms with Gasteiger partial charge in [-0.1, -0.05) is 42.5 Å². The van der Waals surface area contributed by atoms with Gasteiger partial charge in [-0.05, 0) is 62.0 Å². The molecule has 0 radical (unpaired) electrons. The highest BCUT2D eigenvalue weighted by molar-refractivity contribution is 5.66. The molecule has 1 aliphatic rings. The first-order valence-electron chi connectivity index (χ1n) is 9.42. The van der Waals surface area contributed by atoms with Gasteiger partial charge in [0.1, 0.15) is 12.4 Å². The van der Waals surface area contributed by atoms with Gasteiger partial charge >= 0.3 is 5.97 Å². The molecule has 4 heteroatoms. The van der Waals surface area contributed by atoms with Crippen molar-refractivity contribution in [2.75, 3.05) is 19.7 Å². The van der Waals surface area contributed by atoms with E-state index < -0.39 is 5.97 Å². The van der Waals surface area contributed by atoms with Crippen LogP contribution in [0.3, 0.4) is 0 Å². The van der Waals surface area contributed by atoms with Crippen LogP contribution in [0.1, 0.15) is 36.8 Å². The fraction of sp³-hybridized carbons (Fsp3) is 0.409. The maximum atomic E-state index is 10.7. The summed E-state index contributed by atoms with van der Waals surface area (Å²) in [4.78, 5) is 13.0. The van der Waals surface area contributed by atoms with Gasteiger partial charge in [0, 0.05) is 12.5 Å². The zero-order chi connectivity index (χ0) is 18.2. The number of carboxylic acid groups (broad SMARTS) is 1. The number of likely N-dealkylation sites (tertiary alicyclic amines) is 1. The maximum absolute atomic E-state index is 10.7. The van der Waals surface area contributed by atoms with Crippen LogP contribution in [0.25, 0.3) is 0 Å². The van der Waals surface area contributed by atoms with E-state index in [4.69, 9.17) is 9.84 Å². The first kappa shape index (κ1) is 18.5. The third-order valence-corrected chi connectivity index (χ3v) is 4.95. The molecule has 0 saturated carbocycles. The Labute approximate surface area is 155 Å². The van der Waals surface area contributed by atoms with Gasteiger partial charge in [0.15, 0.2) is 0 Å². The van der Waals surface area contributed by atoms with Crippen LogP contribution in [0.4, 0.5) is 0 Å². The maximum Gasteiger partial charge on any atom is 0.303 e. The Balaban J connectivity index is 1.46. The number of carboxylic acids is 1. The van der Waals surface area contributed by atoms with E-state index in [0.717, 1.165) is 38.1 Å².